The van der Waals surface area contributed by atoms with Gasteiger partial charge in [0.2, 0.25) is 0 Å². The van der Waals surface area contributed by atoms with Crippen LogP contribution in [-0.4, -0.2) is 9.13 Å². The summed E-state index contributed by atoms with van der Waals surface area (Å²) in [5, 5.41) is 10.9. The third kappa shape index (κ3) is 13.6. The molecule has 550 valence electrons. The first-order valence-electron chi connectivity index (χ1n) is 39.3. The number of anilines is 6. The van der Waals surface area contributed by atoms with Gasteiger partial charge >= 0.3 is 0 Å². The minimum Gasteiger partial charge on any atom is -0.311 e. The zero-order valence-corrected chi connectivity index (χ0v) is 65.9. The highest BCUT2D eigenvalue weighted by molar-refractivity contribution is 7.27. The molecule has 0 fully saturated rings. The van der Waals surface area contributed by atoms with Gasteiger partial charge in [-0.05, 0) is 211 Å². The number of rotatable bonds is 13. The summed E-state index contributed by atoms with van der Waals surface area (Å²) >= 11 is 10.1. The van der Waals surface area contributed by atoms with Crippen molar-refractivity contribution in [3.05, 3.63) is 447 Å². The van der Waals surface area contributed by atoms with Crippen LogP contribution in [0, 0.1) is 6.92 Å². The van der Waals surface area contributed by atoms with Gasteiger partial charge in [-0.2, -0.15) is 0 Å². The molecule has 0 saturated heterocycles. The van der Waals surface area contributed by atoms with Crippen LogP contribution in [0.5, 0.6) is 0 Å². The minimum atomic E-state index is 0.826. The number of fused-ring (bicyclic) bond motifs is 12. The molecule has 4 nitrogen and oxygen atoms in total. The lowest BCUT2D eigenvalue weighted by molar-refractivity contribution is 1.19. The van der Waals surface area contributed by atoms with Crippen LogP contribution < -0.4 is 9.80 Å². The lowest BCUT2D eigenvalue weighted by atomic mass is 10.0. The normalized spacial score (nSPS) is 11.4. The largest absolute Gasteiger partial charge is 0.311 e. The molecule has 4 heterocycles. The Balaban J connectivity index is 0.000000125. The van der Waals surface area contributed by atoms with Crippen LogP contribution in [0.3, 0.4) is 0 Å². The monoisotopic (exact) mass is 1540 g/mol. The molecule has 22 aromatic rings. The summed E-state index contributed by atoms with van der Waals surface area (Å²) in [6.07, 6.45) is 0. The number of para-hydroxylation sites is 4. The molecule has 0 bridgehead atoms. The Morgan fingerprint density at radius 1 is 0.224 bits per heavy atom. The van der Waals surface area contributed by atoms with Crippen molar-refractivity contribution in [3.8, 4) is 67.0 Å². The van der Waals surface area contributed by atoms with Gasteiger partial charge in [0.1, 0.15) is 0 Å². The molecule has 0 N–H and O–H groups in total. The minimum absolute atomic E-state index is 0.826. The van der Waals surface area contributed by atoms with E-state index in [0.29, 0.717) is 0 Å². The van der Waals surface area contributed by atoms with Gasteiger partial charge in [0, 0.05) is 71.7 Å². The van der Waals surface area contributed by atoms with E-state index >= 15 is 0 Å². The van der Waals surface area contributed by atoms with Crippen molar-refractivity contribution in [2.75, 3.05) is 9.80 Å². The van der Waals surface area contributed by atoms with Crippen LogP contribution in [-0.2, 0) is 0 Å². The predicted octanol–water partition coefficient (Wildman–Crippen LogP) is 32.2. The van der Waals surface area contributed by atoms with E-state index in [2.05, 4.69) is 451 Å². The first kappa shape index (κ1) is 71.0. The zero-order chi connectivity index (χ0) is 77.4. The summed E-state index contributed by atoms with van der Waals surface area (Å²) in [6.45, 7) is 2.13. The van der Waals surface area contributed by atoms with Crippen molar-refractivity contribution in [1.29, 1.82) is 0 Å². The van der Waals surface area contributed by atoms with Crippen LogP contribution in [0.2, 0.25) is 5.02 Å². The maximum absolute atomic E-state index is 6.44. The van der Waals surface area contributed by atoms with Crippen LogP contribution in [0.1, 0.15) is 5.56 Å². The molecule has 7 heteroatoms. The average Bonchev–Trinajstić information content (AvgIpc) is 1.50. The fourth-order valence-electron chi connectivity index (χ4n) is 16.5. The average molecular weight is 1540 g/mol. The number of hydrogen-bond donors (Lipinski definition) is 0. The maximum Gasteiger partial charge on any atom is 0.0728 e. The Kier molecular flexibility index (Phi) is 19.0. The molecule has 22 rings (SSSR count). The van der Waals surface area contributed by atoms with E-state index in [1.54, 1.807) is 11.3 Å². The van der Waals surface area contributed by atoms with Crippen molar-refractivity contribution in [2.24, 2.45) is 0 Å². The summed E-state index contributed by atoms with van der Waals surface area (Å²) in [5.41, 5.74) is 27.5. The molecular formula is C109H75ClN4S2. The van der Waals surface area contributed by atoms with Gasteiger partial charge in [0.05, 0.1) is 41.2 Å². The molecule has 18 aromatic carbocycles. The SMILES string of the molecule is Cc1ccc(N(c2ccc(-c3ccccc3)cc2)c2ccc(-c3ccc4ccccc4c3)cc2)cc1.Clc1cccc2c1sc1c3ccccc3n(-c3ccccc3)c21.c1ccc(-c2ccc(N(c3ccc(-c4ccc5ccccc5c4)cc3)c3ccc(-c4cccc5c4sc4c6ccccc6n(-c6ccccc6)c54)cc3)cc2)cc1. The van der Waals surface area contributed by atoms with Crippen LogP contribution in [0.15, 0.2) is 437 Å². The quantitative estimate of drug-likeness (QED) is 0.114. The zero-order valence-electron chi connectivity index (χ0n) is 63.6. The Hall–Kier alpha value is -14.1. The smallest absolute Gasteiger partial charge is 0.0728 e. The summed E-state index contributed by atoms with van der Waals surface area (Å²) in [6, 6.07) is 157. The molecule has 0 radical (unpaired) electrons. The lowest BCUT2D eigenvalue weighted by Crippen LogP contribution is -2.09. The van der Waals surface area contributed by atoms with Gasteiger partial charge in [-0.25, -0.2) is 0 Å². The number of aryl methyl sites for hydroxylation is 1. The maximum atomic E-state index is 6.44. The standard InChI is InChI=1S/C54H36N2S.C35H27N.C20H12ClNS/c1-3-12-37(13-4-1)39-24-30-45(31-25-39)55(46-32-26-40(27-33-46)43-23-22-38-14-7-8-15-42(38)36-43)47-34-28-41(29-35-47)48-19-11-20-50-52-54(57-53(48)50)49-18-9-10-21-51(49)56(52)44-16-5-2-6-17-44;1-26-11-19-33(20-12-26)36(34-21-15-29(16-22-34)27-7-3-2-4-8-27)35-23-17-30(18-24-35)32-14-13-28-9-5-6-10-31(28)25-32;21-16-11-6-10-15-18-20(23-19(15)16)14-9-4-5-12-17(14)22(18)13-7-2-1-3-8-13/h1-36H;2-25H,1H3;1-12H. The van der Waals surface area contributed by atoms with E-state index < -0.39 is 0 Å². The van der Waals surface area contributed by atoms with E-state index in [0.717, 1.165) is 43.8 Å². The molecule has 0 aliphatic heterocycles. The third-order valence-corrected chi connectivity index (χ3v) is 25.1. The Labute approximate surface area is 687 Å². The molecule has 0 spiro atoms. The van der Waals surface area contributed by atoms with E-state index in [1.807, 2.05) is 23.5 Å². The van der Waals surface area contributed by atoms with Crippen molar-refractivity contribution >= 4 is 152 Å². The lowest BCUT2D eigenvalue weighted by Gasteiger charge is -2.26. The molecule has 0 saturated carbocycles. The number of halogens is 1. The fourth-order valence-corrected chi connectivity index (χ4v) is 19.3. The van der Waals surface area contributed by atoms with Gasteiger partial charge < -0.3 is 18.9 Å². The van der Waals surface area contributed by atoms with Gasteiger partial charge in [-0.3, -0.25) is 0 Å². The fraction of sp³-hybridized carbons (Fsp3) is 0.00917. The van der Waals surface area contributed by atoms with Crippen LogP contribution in [0.25, 0.3) is 151 Å². The molecule has 0 atom stereocenters. The first-order chi connectivity index (χ1) is 57.3. The summed E-state index contributed by atoms with van der Waals surface area (Å²) in [7, 11) is 0. The van der Waals surface area contributed by atoms with Crippen LogP contribution in [0.4, 0.5) is 34.1 Å². The molecular weight excluding hydrogens is 1460 g/mol. The summed E-state index contributed by atoms with van der Waals surface area (Å²) < 4.78 is 9.87. The van der Waals surface area contributed by atoms with E-state index in [9.17, 15) is 0 Å². The Morgan fingerprint density at radius 2 is 0.526 bits per heavy atom. The predicted molar refractivity (Wildman–Crippen MR) is 500 cm³/mol. The van der Waals surface area contributed by atoms with Crippen molar-refractivity contribution in [1.82, 2.24) is 9.13 Å². The van der Waals surface area contributed by atoms with Gasteiger partial charge in [0.25, 0.3) is 0 Å². The first-order valence-corrected chi connectivity index (χ1v) is 41.3. The number of nitrogens with zero attached hydrogens (tertiary/aromatic N) is 4. The molecule has 0 amide bonds. The molecule has 116 heavy (non-hydrogen) atoms. The second kappa shape index (κ2) is 31.1. The van der Waals surface area contributed by atoms with Crippen LogP contribution >= 0.6 is 34.3 Å². The Bertz CT molecular complexity index is 7280. The molecule has 0 aliphatic carbocycles. The van der Waals surface area contributed by atoms with Gasteiger partial charge in [-0.1, -0.05) is 327 Å². The summed E-state index contributed by atoms with van der Waals surface area (Å²) in [5.74, 6) is 0. The number of thiophene rings is 2. The molecule has 0 unspecified atom stereocenters. The number of hydrogen-bond acceptors (Lipinski definition) is 4. The van der Waals surface area contributed by atoms with Crippen molar-refractivity contribution < 1.29 is 0 Å². The second-order valence-electron chi connectivity index (χ2n) is 29.3. The highest BCUT2D eigenvalue weighted by Gasteiger charge is 2.23. The number of benzene rings is 18. The van der Waals surface area contributed by atoms with Crippen molar-refractivity contribution in [3.63, 3.8) is 0 Å². The molecule has 0 aliphatic rings. The van der Waals surface area contributed by atoms with Crippen molar-refractivity contribution in [2.45, 2.75) is 6.92 Å². The van der Waals surface area contributed by atoms with Gasteiger partial charge in [-0.15, -0.1) is 22.7 Å². The highest BCUT2D eigenvalue weighted by atomic mass is 35.5. The number of aromatic nitrogens is 2. The van der Waals surface area contributed by atoms with E-state index in [1.165, 1.54) is 152 Å². The Morgan fingerprint density at radius 3 is 0.948 bits per heavy atom. The summed E-state index contributed by atoms with van der Waals surface area (Å²) in [4.78, 5) is 4.68. The highest BCUT2D eigenvalue weighted by Crippen LogP contribution is 2.49. The van der Waals surface area contributed by atoms with Gasteiger partial charge in [0.15, 0.2) is 0 Å². The third-order valence-electron chi connectivity index (χ3n) is 22.2. The van der Waals surface area contributed by atoms with E-state index in [4.69, 9.17) is 11.6 Å². The van der Waals surface area contributed by atoms with E-state index in [-0.39, 0.29) is 0 Å². The molecule has 4 aromatic heterocycles. The topological polar surface area (TPSA) is 16.3 Å². The second-order valence-corrected chi connectivity index (χ2v) is 31.8.